The fourth-order valence-electron chi connectivity index (χ4n) is 2.13. The molecule has 0 saturated carbocycles. The molecule has 1 atom stereocenters. The minimum atomic E-state index is -3.71. The number of nitrogens with one attached hydrogen (secondary N) is 1. The van der Waals surface area contributed by atoms with Crippen molar-refractivity contribution in [1.82, 2.24) is 4.72 Å². The zero-order chi connectivity index (χ0) is 17.0. The molecule has 0 aliphatic carbocycles. The first-order valence-electron chi connectivity index (χ1n) is 6.87. The predicted octanol–water partition coefficient (Wildman–Crippen LogP) is 3.40. The molecule has 0 saturated heterocycles. The first-order valence-corrected chi connectivity index (χ1v) is 8.73. The van der Waals surface area contributed by atoms with Crippen molar-refractivity contribution in [2.24, 2.45) is 0 Å². The summed E-state index contributed by atoms with van der Waals surface area (Å²) in [6.07, 6.45) is 0. The maximum Gasteiger partial charge on any atom is 0.241 e. The molecule has 124 valence electrons. The monoisotopic (exact) mass is 355 g/mol. The van der Waals surface area contributed by atoms with Crippen molar-refractivity contribution in [2.45, 2.75) is 17.9 Å². The van der Waals surface area contributed by atoms with Gasteiger partial charge in [0.05, 0.1) is 19.1 Å². The Bertz CT molecular complexity index is 792. The molecule has 7 heteroatoms. The Kier molecular flexibility index (Phi) is 5.51. The largest absolute Gasteiger partial charge is 0.493 e. The molecule has 0 spiro atoms. The predicted molar refractivity (Wildman–Crippen MR) is 89.7 cm³/mol. The number of hydrogen-bond donors (Lipinski definition) is 1. The van der Waals surface area contributed by atoms with Gasteiger partial charge in [0.15, 0.2) is 11.5 Å². The Morgan fingerprint density at radius 3 is 2.35 bits per heavy atom. The Labute approximate surface area is 141 Å². The summed E-state index contributed by atoms with van der Waals surface area (Å²) >= 11 is 5.94. The molecule has 0 bridgehead atoms. The van der Waals surface area contributed by atoms with Crippen molar-refractivity contribution in [3.8, 4) is 11.5 Å². The van der Waals surface area contributed by atoms with Gasteiger partial charge in [-0.3, -0.25) is 0 Å². The van der Waals surface area contributed by atoms with Crippen molar-refractivity contribution in [2.75, 3.05) is 14.2 Å². The number of sulfonamides is 1. The van der Waals surface area contributed by atoms with Crippen LogP contribution in [0.4, 0.5) is 0 Å². The molecule has 0 radical (unpaired) electrons. The molecule has 0 aliphatic rings. The van der Waals surface area contributed by atoms with E-state index >= 15 is 0 Å². The molecule has 2 aromatic carbocycles. The number of ether oxygens (including phenoxy) is 2. The van der Waals surface area contributed by atoms with Crippen LogP contribution in [-0.4, -0.2) is 22.6 Å². The Morgan fingerprint density at radius 2 is 1.74 bits per heavy atom. The lowest BCUT2D eigenvalue weighted by Crippen LogP contribution is -2.26. The highest BCUT2D eigenvalue weighted by atomic mass is 35.5. The number of benzene rings is 2. The van der Waals surface area contributed by atoms with Crippen LogP contribution in [0.25, 0.3) is 0 Å². The standard InChI is InChI=1S/C16H18ClNO4S/c1-11(12-5-4-6-13(17)9-12)18-23(19,20)14-7-8-15(21-2)16(10-14)22-3/h4-11,18H,1-3H3. The molecule has 0 heterocycles. The van der Waals surface area contributed by atoms with E-state index in [2.05, 4.69) is 4.72 Å². The van der Waals surface area contributed by atoms with Crippen LogP contribution in [0, 0.1) is 0 Å². The molecule has 2 aromatic rings. The highest BCUT2D eigenvalue weighted by Gasteiger charge is 2.20. The average molecular weight is 356 g/mol. The first kappa shape index (κ1) is 17.6. The van der Waals surface area contributed by atoms with E-state index in [1.165, 1.54) is 26.4 Å². The van der Waals surface area contributed by atoms with Crippen LogP contribution in [0.2, 0.25) is 5.02 Å². The minimum absolute atomic E-state index is 0.101. The van der Waals surface area contributed by atoms with E-state index in [0.717, 1.165) is 5.56 Å². The van der Waals surface area contributed by atoms with Gasteiger partial charge in [-0.1, -0.05) is 23.7 Å². The van der Waals surface area contributed by atoms with Crippen LogP contribution in [0.15, 0.2) is 47.4 Å². The van der Waals surface area contributed by atoms with E-state index in [4.69, 9.17) is 21.1 Å². The van der Waals surface area contributed by atoms with Gasteiger partial charge < -0.3 is 9.47 Å². The van der Waals surface area contributed by atoms with Crippen LogP contribution >= 0.6 is 11.6 Å². The van der Waals surface area contributed by atoms with Crippen molar-refractivity contribution in [1.29, 1.82) is 0 Å². The topological polar surface area (TPSA) is 64.6 Å². The maximum absolute atomic E-state index is 12.5. The van der Waals surface area contributed by atoms with Gasteiger partial charge in [0, 0.05) is 17.1 Å². The third kappa shape index (κ3) is 4.16. The second-order valence-corrected chi connectivity index (χ2v) is 7.07. The molecule has 5 nitrogen and oxygen atoms in total. The molecule has 1 unspecified atom stereocenters. The summed E-state index contributed by atoms with van der Waals surface area (Å²) in [5.74, 6) is 0.820. The lowest BCUT2D eigenvalue weighted by Gasteiger charge is -2.16. The summed E-state index contributed by atoms with van der Waals surface area (Å²) in [4.78, 5) is 0.101. The van der Waals surface area contributed by atoms with E-state index in [1.807, 2.05) is 6.07 Å². The third-order valence-corrected chi connectivity index (χ3v) is 5.12. The lowest BCUT2D eigenvalue weighted by molar-refractivity contribution is 0.354. The third-order valence-electron chi connectivity index (χ3n) is 3.35. The Hall–Kier alpha value is -1.76. The Balaban J connectivity index is 2.28. The summed E-state index contributed by atoms with van der Waals surface area (Å²) in [6, 6.07) is 11.1. The van der Waals surface area contributed by atoms with Crippen LogP contribution in [0.1, 0.15) is 18.5 Å². The van der Waals surface area contributed by atoms with Gasteiger partial charge in [0.2, 0.25) is 10.0 Å². The number of rotatable bonds is 6. The van der Waals surface area contributed by atoms with Gasteiger partial charge in [0.25, 0.3) is 0 Å². The van der Waals surface area contributed by atoms with Crippen LogP contribution in [0.5, 0.6) is 11.5 Å². The van der Waals surface area contributed by atoms with Crippen molar-refractivity contribution in [3.63, 3.8) is 0 Å². The second-order valence-electron chi connectivity index (χ2n) is 4.91. The Morgan fingerprint density at radius 1 is 1.04 bits per heavy atom. The molecule has 0 amide bonds. The molecule has 0 aliphatic heterocycles. The van der Waals surface area contributed by atoms with Crippen LogP contribution in [-0.2, 0) is 10.0 Å². The summed E-state index contributed by atoms with van der Waals surface area (Å²) in [6.45, 7) is 1.75. The van der Waals surface area contributed by atoms with Crippen molar-refractivity contribution < 1.29 is 17.9 Å². The van der Waals surface area contributed by atoms with E-state index < -0.39 is 16.1 Å². The average Bonchev–Trinajstić information content (AvgIpc) is 2.53. The highest BCUT2D eigenvalue weighted by molar-refractivity contribution is 7.89. The van der Waals surface area contributed by atoms with Crippen LogP contribution < -0.4 is 14.2 Å². The first-order chi connectivity index (χ1) is 10.9. The summed E-state index contributed by atoms with van der Waals surface area (Å²) in [5, 5.41) is 0.555. The van der Waals surface area contributed by atoms with Gasteiger partial charge >= 0.3 is 0 Å². The van der Waals surface area contributed by atoms with E-state index in [-0.39, 0.29) is 4.90 Å². The fraction of sp³-hybridized carbons (Fsp3) is 0.250. The van der Waals surface area contributed by atoms with Gasteiger partial charge in [-0.2, -0.15) is 0 Å². The van der Waals surface area contributed by atoms with Crippen molar-refractivity contribution >= 4 is 21.6 Å². The lowest BCUT2D eigenvalue weighted by atomic mass is 10.1. The molecule has 23 heavy (non-hydrogen) atoms. The smallest absolute Gasteiger partial charge is 0.241 e. The zero-order valence-electron chi connectivity index (χ0n) is 13.0. The fourth-order valence-corrected chi connectivity index (χ4v) is 3.57. The van der Waals surface area contributed by atoms with Crippen molar-refractivity contribution in [3.05, 3.63) is 53.1 Å². The van der Waals surface area contributed by atoms with E-state index in [9.17, 15) is 8.42 Å². The van der Waals surface area contributed by atoms with E-state index in [0.29, 0.717) is 16.5 Å². The van der Waals surface area contributed by atoms with Gasteiger partial charge in [-0.15, -0.1) is 0 Å². The zero-order valence-corrected chi connectivity index (χ0v) is 14.6. The molecule has 2 rings (SSSR count). The van der Waals surface area contributed by atoms with E-state index in [1.54, 1.807) is 31.2 Å². The number of methoxy groups -OCH3 is 2. The van der Waals surface area contributed by atoms with Gasteiger partial charge in [0.1, 0.15) is 0 Å². The summed E-state index contributed by atoms with van der Waals surface area (Å²) in [7, 11) is -0.761. The van der Waals surface area contributed by atoms with Gasteiger partial charge in [-0.05, 0) is 36.8 Å². The maximum atomic E-state index is 12.5. The second kappa shape index (κ2) is 7.21. The highest BCUT2D eigenvalue weighted by Crippen LogP contribution is 2.30. The van der Waals surface area contributed by atoms with Gasteiger partial charge in [-0.25, -0.2) is 13.1 Å². The summed E-state index contributed by atoms with van der Waals surface area (Å²) < 4.78 is 37.9. The minimum Gasteiger partial charge on any atom is -0.493 e. The quantitative estimate of drug-likeness (QED) is 0.862. The summed E-state index contributed by atoms with van der Waals surface area (Å²) in [5.41, 5.74) is 0.779. The number of halogens is 1. The molecular formula is C16H18ClNO4S. The normalized spacial score (nSPS) is 12.7. The molecule has 1 N–H and O–H groups in total. The molecule has 0 aromatic heterocycles. The molecule has 0 fully saturated rings. The molecular weight excluding hydrogens is 338 g/mol. The SMILES string of the molecule is COc1ccc(S(=O)(=O)NC(C)c2cccc(Cl)c2)cc1OC. The van der Waals surface area contributed by atoms with Crippen LogP contribution in [0.3, 0.4) is 0 Å². The number of hydrogen-bond acceptors (Lipinski definition) is 4.